The van der Waals surface area contributed by atoms with Crippen molar-refractivity contribution in [2.75, 3.05) is 0 Å². The van der Waals surface area contributed by atoms with E-state index in [0.29, 0.717) is 5.56 Å². The summed E-state index contributed by atoms with van der Waals surface area (Å²) in [4.78, 5) is 0. The fraction of sp³-hybridized carbons (Fsp3) is 0.0196. The maximum atomic E-state index is 8.89. The standard InChI is InChI=1S/C51H32O/c1-4-15-34(16-5-1)47-39-21-10-12-23-41(39)48(42-24-13-11-22-40(42)47)35-29-27-33(28-30-35)36-31-44-50-46(32-36)52-45-26-14-25-43(49(45)50)51(44,37-17-6-2-7-18-37)38-19-8-3-9-20-38/h1-32H/i1D,4D,5D,15D,16D. The van der Waals surface area contributed by atoms with Crippen LogP contribution < -0.4 is 0 Å². The van der Waals surface area contributed by atoms with E-state index in [1.54, 1.807) is 0 Å². The minimum absolute atomic E-state index is 0.207. The van der Waals surface area contributed by atoms with Crippen LogP contribution in [0.1, 0.15) is 29.1 Å². The van der Waals surface area contributed by atoms with Crippen LogP contribution in [0.4, 0.5) is 0 Å². The molecular formula is C51H32O. The van der Waals surface area contributed by atoms with E-state index in [9.17, 15) is 0 Å². The predicted molar refractivity (Wildman–Crippen MR) is 217 cm³/mol. The van der Waals surface area contributed by atoms with Crippen molar-refractivity contribution in [3.05, 3.63) is 216 Å². The van der Waals surface area contributed by atoms with Gasteiger partial charge in [-0.05, 0) is 95.4 Å². The highest BCUT2D eigenvalue weighted by molar-refractivity contribution is 6.21. The van der Waals surface area contributed by atoms with Crippen molar-refractivity contribution >= 4 is 43.5 Å². The molecule has 0 bridgehead atoms. The fourth-order valence-electron chi connectivity index (χ4n) is 8.94. The van der Waals surface area contributed by atoms with Gasteiger partial charge in [0.15, 0.2) is 0 Å². The van der Waals surface area contributed by atoms with Crippen molar-refractivity contribution in [2.45, 2.75) is 5.41 Å². The molecule has 242 valence electrons. The highest BCUT2D eigenvalue weighted by atomic mass is 16.3. The Morgan fingerprint density at radius 1 is 0.385 bits per heavy atom. The number of fused-ring (bicyclic) bond motifs is 2. The molecule has 1 aromatic heterocycles. The fourth-order valence-corrected chi connectivity index (χ4v) is 8.94. The maximum Gasteiger partial charge on any atom is 0.136 e. The van der Waals surface area contributed by atoms with Crippen molar-refractivity contribution < 1.29 is 11.3 Å². The smallest absolute Gasteiger partial charge is 0.136 e. The lowest BCUT2D eigenvalue weighted by Gasteiger charge is -2.34. The van der Waals surface area contributed by atoms with E-state index < -0.39 is 11.5 Å². The summed E-state index contributed by atoms with van der Waals surface area (Å²) in [5, 5.41) is 5.85. The molecule has 1 heterocycles. The first kappa shape index (κ1) is 24.4. The van der Waals surface area contributed by atoms with Crippen LogP contribution in [0.15, 0.2) is 198 Å². The zero-order valence-corrected chi connectivity index (χ0v) is 28.0. The molecule has 0 aliphatic heterocycles. The second-order valence-electron chi connectivity index (χ2n) is 13.6. The largest absolute Gasteiger partial charge is 0.456 e. The molecule has 0 spiro atoms. The van der Waals surface area contributed by atoms with E-state index in [1.165, 1.54) is 27.6 Å². The Morgan fingerprint density at radius 3 is 1.50 bits per heavy atom. The van der Waals surface area contributed by atoms with E-state index in [0.717, 1.165) is 60.4 Å². The summed E-state index contributed by atoms with van der Waals surface area (Å²) in [5.74, 6) is 0. The zero-order valence-electron chi connectivity index (χ0n) is 33.0. The van der Waals surface area contributed by atoms with Crippen LogP contribution in [0.2, 0.25) is 0 Å². The van der Waals surface area contributed by atoms with E-state index in [-0.39, 0.29) is 29.7 Å². The Balaban J connectivity index is 1.12. The monoisotopic (exact) mass is 665 g/mol. The molecule has 0 radical (unpaired) electrons. The summed E-state index contributed by atoms with van der Waals surface area (Å²) in [7, 11) is 0. The van der Waals surface area contributed by atoms with Gasteiger partial charge in [-0.15, -0.1) is 0 Å². The van der Waals surface area contributed by atoms with Crippen LogP contribution in [0.5, 0.6) is 0 Å². The van der Waals surface area contributed by atoms with Crippen LogP contribution in [0.3, 0.4) is 0 Å². The molecule has 10 aromatic rings. The van der Waals surface area contributed by atoms with Crippen LogP contribution in [0.25, 0.3) is 76.9 Å². The lowest BCUT2D eigenvalue weighted by atomic mass is 9.67. The van der Waals surface area contributed by atoms with Gasteiger partial charge in [0.25, 0.3) is 0 Å². The summed E-state index contributed by atoms with van der Waals surface area (Å²) in [6, 6.07) is 55.6. The second-order valence-corrected chi connectivity index (χ2v) is 13.6. The first-order chi connectivity index (χ1) is 27.9. The first-order valence-corrected chi connectivity index (χ1v) is 17.6. The summed E-state index contributed by atoms with van der Waals surface area (Å²) in [6.07, 6.45) is 0. The molecule has 1 aliphatic rings. The molecule has 1 nitrogen and oxygen atoms in total. The average molecular weight is 666 g/mol. The third-order valence-corrected chi connectivity index (χ3v) is 11.0. The normalized spacial score (nSPS) is 14.5. The van der Waals surface area contributed by atoms with Crippen LogP contribution >= 0.6 is 0 Å². The van der Waals surface area contributed by atoms with Crippen molar-refractivity contribution in [3.63, 3.8) is 0 Å². The molecule has 52 heavy (non-hydrogen) atoms. The zero-order chi connectivity index (χ0) is 38.6. The van der Waals surface area contributed by atoms with E-state index in [2.05, 4.69) is 127 Å². The Kier molecular flexibility index (Phi) is 5.24. The van der Waals surface area contributed by atoms with Gasteiger partial charge in [0.2, 0.25) is 0 Å². The quantitative estimate of drug-likeness (QED) is 0.167. The number of furan rings is 1. The number of hydrogen-bond donors (Lipinski definition) is 0. The van der Waals surface area contributed by atoms with E-state index in [1.807, 2.05) is 36.4 Å². The summed E-state index contributed by atoms with van der Waals surface area (Å²) in [6.45, 7) is 0. The maximum absolute atomic E-state index is 8.89. The molecular weight excluding hydrogens is 629 g/mol. The van der Waals surface area contributed by atoms with Crippen LogP contribution in [-0.4, -0.2) is 0 Å². The van der Waals surface area contributed by atoms with Gasteiger partial charge in [0, 0.05) is 10.8 Å². The van der Waals surface area contributed by atoms with Crippen molar-refractivity contribution in [3.8, 4) is 33.4 Å². The van der Waals surface area contributed by atoms with Gasteiger partial charge in [0.1, 0.15) is 11.2 Å². The van der Waals surface area contributed by atoms with Gasteiger partial charge < -0.3 is 4.42 Å². The van der Waals surface area contributed by atoms with E-state index >= 15 is 0 Å². The van der Waals surface area contributed by atoms with Crippen molar-refractivity contribution in [2.24, 2.45) is 0 Å². The highest BCUT2D eigenvalue weighted by Gasteiger charge is 2.46. The molecule has 0 fully saturated rings. The molecule has 1 heteroatoms. The highest BCUT2D eigenvalue weighted by Crippen LogP contribution is 2.57. The Labute approximate surface area is 309 Å². The average Bonchev–Trinajstić information content (AvgIpc) is 3.80. The number of benzene rings is 9. The van der Waals surface area contributed by atoms with Crippen molar-refractivity contribution in [1.82, 2.24) is 0 Å². The van der Waals surface area contributed by atoms with Crippen LogP contribution in [0, 0.1) is 0 Å². The topological polar surface area (TPSA) is 13.1 Å². The summed E-state index contributed by atoms with van der Waals surface area (Å²) >= 11 is 0. The number of hydrogen-bond acceptors (Lipinski definition) is 1. The molecule has 11 rings (SSSR count). The molecule has 0 amide bonds. The van der Waals surface area contributed by atoms with Crippen LogP contribution in [-0.2, 0) is 5.41 Å². The first-order valence-electron chi connectivity index (χ1n) is 20.1. The SMILES string of the molecule is [2H]c1c([2H])c([2H])c(-c2c3ccccc3c(-c3ccc(-c4cc5c6c(c4)oc4cccc(c46)C5(c4ccccc4)c4ccccc4)cc3)c3ccccc23)c([2H])c1[2H]. The molecule has 0 N–H and O–H groups in total. The van der Waals surface area contributed by atoms with Crippen molar-refractivity contribution in [1.29, 1.82) is 0 Å². The Morgan fingerprint density at radius 2 is 0.904 bits per heavy atom. The molecule has 0 saturated heterocycles. The van der Waals surface area contributed by atoms with Gasteiger partial charge in [0.05, 0.1) is 12.3 Å². The number of rotatable bonds is 5. The lowest BCUT2D eigenvalue weighted by Crippen LogP contribution is -2.28. The third-order valence-electron chi connectivity index (χ3n) is 11.0. The second kappa shape index (κ2) is 11.2. The van der Waals surface area contributed by atoms with Gasteiger partial charge >= 0.3 is 0 Å². The summed E-state index contributed by atoms with van der Waals surface area (Å²) < 4.78 is 49.5. The minimum Gasteiger partial charge on any atom is -0.456 e. The molecule has 1 aliphatic carbocycles. The Hall–Kier alpha value is -6.70. The predicted octanol–water partition coefficient (Wildman–Crippen LogP) is 13.6. The van der Waals surface area contributed by atoms with Gasteiger partial charge in [-0.3, -0.25) is 0 Å². The molecule has 0 saturated carbocycles. The Bertz CT molecular complexity index is 3150. The minimum atomic E-state index is -0.530. The van der Waals surface area contributed by atoms with Gasteiger partial charge in [-0.2, -0.15) is 0 Å². The van der Waals surface area contributed by atoms with E-state index in [4.69, 9.17) is 11.3 Å². The third kappa shape index (κ3) is 3.99. The molecule has 0 atom stereocenters. The van der Waals surface area contributed by atoms with Gasteiger partial charge in [-0.25, -0.2) is 0 Å². The van der Waals surface area contributed by atoms with Gasteiger partial charge in [-0.1, -0.05) is 176 Å². The lowest BCUT2D eigenvalue weighted by molar-refractivity contribution is 0.664. The molecule has 0 unspecified atom stereocenters. The molecule has 9 aromatic carbocycles. The summed E-state index contributed by atoms with van der Waals surface area (Å²) in [5.41, 5.74) is 11.1.